The summed E-state index contributed by atoms with van der Waals surface area (Å²) in [6.45, 7) is 11.5. The van der Waals surface area contributed by atoms with E-state index >= 15 is 0 Å². The molecule has 1 aromatic carbocycles. The van der Waals surface area contributed by atoms with Gasteiger partial charge in [-0.1, -0.05) is 31.5 Å². The number of likely N-dealkylation sites (tertiary alicyclic amines) is 1. The summed E-state index contributed by atoms with van der Waals surface area (Å²) >= 11 is 0. The van der Waals surface area contributed by atoms with Crippen molar-refractivity contribution < 1.29 is 0 Å². The van der Waals surface area contributed by atoms with Crippen molar-refractivity contribution in [3.63, 3.8) is 0 Å². The zero-order chi connectivity index (χ0) is 14.8. The lowest BCUT2D eigenvalue weighted by Gasteiger charge is -2.26. The van der Waals surface area contributed by atoms with E-state index in [1.807, 2.05) is 0 Å². The first-order valence-corrected chi connectivity index (χ1v) is 8.70. The van der Waals surface area contributed by atoms with Crippen LogP contribution in [0.1, 0.15) is 48.9 Å². The van der Waals surface area contributed by atoms with Crippen LogP contribution in [0.5, 0.6) is 0 Å². The van der Waals surface area contributed by atoms with Crippen LogP contribution < -0.4 is 5.32 Å². The maximum atomic E-state index is 3.70. The Kier molecular flexibility index (Phi) is 4.66. The lowest BCUT2D eigenvalue weighted by molar-refractivity contribution is 0.274. The minimum absolute atomic E-state index is 0.480. The largest absolute Gasteiger partial charge is 0.309 e. The predicted octanol–water partition coefficient (Wildman–Crippen LogP) is 3.69. The van der Waals surface area contributed by atoms with Crippen molar-refractivity contribution in [3.05, 3.63) is 34.9 Å². The van der Waals surface area contributed by atoms with E-state index in [0.29, 0.717) is 6.04 Å². The summed E-state index contributed by atoms with van der Waals surface area (Å²) in [5.41, 5.74) is 4.26. The van der Waals surface area contributed by atoms with Crippen molar-refractivity contribution in [2.24, 2.45) is 11.8 Å². The molecule has 2 aliphatic rings. The van der Waals surface area contributed by atoms with Gasteiger partial charge < -0.3 is 10.2 Å². The Balaban J connectivity index is 1.68. The fourth-order valence-electron chi connectivity index (χ4n) is 4.26. The van der Waals surface area contributed by atoms with Crippen LogP contribution in [-0.2, 0) is 0 Å². The summed E-state index contributed by atoms with van der Waals surface area (Å²) < 4.78 is 0. The van der Waals surface area contributed by atoms with Crippen LogP contribution >= 0.6 is 0 Å². The normalized spacial score (nSPS) is 27.0. The van der Waals surface area contributed by atoms with Gasteiger partial charge in [0.2, 0.25) is 0 Å². The summed E-state index contributed by atoms with van der Waals surface area (Å²) in [7, 11) is 0. The highest BCUT2D eigenvalue weighted by Gasteiger charge is 2.36. The number of likely N-dealkylation sites (N-methyl/N-ethyl adjacent to an activating group) is 1. The molecule has 1 saturated heterocycles. The van der Waals surface area contributed by atoms with Crippen LogP contribution in [0.15, 0.2) is 18.2 Å². The molecule has 2 fully saturated rings. The van der Waals surface area contributed by atoms with E-state index in [1.54, 1.807) is 0 Å². The van der Waals surface area contributed by atoms with Gasteiger partial charge in [0, 0.05) is 25.7 Å². The molecule has 3 unspecified atom stereocenters. The third-order valence-electron chi connectivity index (χ3n) is 5.63. The number of hydrogen-bond acceptors (Lipinski definition) is 2. The van der Waals surface area contributed by atoms with E-state index in [1.165, 1.54) is 55.6 Å². The Morgan fingerprint density at radius 2 is 1.86 bits per heavy atom. The first-order valence-electron chi connectivity index (χ1n) is 8.70. The third-order valence-corrected chi connectivity index (χ3v) is 5.63. The van der Waals surface area contributed by atoms with Crippen molar-refractivity contribution >= 4 is 0 Å². The highest BCUT2D eigenvalue weighted by Crippen LogP contribution is 2.38. The van der Waals surface area contributed by atoms with Crippen molar-refractivity contribution in [3.8, 4) is 0 Å². The van der Waals surface area contributed by atoms with E-state index in [9.17, 15) is 0 Å². The monoisotopic (exact) mass is 286 g/mol. The first-order chi connectivity index (χ1) is 10.2. The summed E-state index contributed by atoms with van der Waals surface area (Å²) in [5.74, 6) is 1.99. The average molecular weight is 286 g/mol. The second kappa shape index (κ2) is 6.50. The zero-order valence-corrected chi connectivity index (χ0v) is 13.9. The highest BCUT2D eigenvalue weighted by molar-refractivity contribution is 5.32. The number of rotatable bonds is 5. The molecule has 3 atom stereocenters. The quantitative estimate of drug-likeness (QED) is 0.888. The van der Waals surface area contributed by atoms with E-state index < -0.39 is 0 Å². The second-order valence-electron chi connectivity index (χ2n) is 7.12. The van der Waals surface area contributed by atoms with Crippen LogP contribution in [0.2, 0.25) is 0 Å². The fourth-order valence-corrected chi connectivity index (χ4v) is 4.26. The van der Waals surface area contributed by atoms with Crippen molar-refractivity contribution in [1.82, 2.24) is 10.2 Å². The summed E-state index contributed by atoms with van der Waals surface area (Å²) in [4.78, 5) is 2.71. The summed E-state index contributed by atoms with van der Waals surface area (Å²) in [6.07, 6.45) is 4.41. The van der Waals surface area contributed by atoms with Crippen molar-refractivity contribution in [1.29, 1.82) is 0 Å². The SMILES string of the molecule is CCNC(CN1CC2CCCC2C1)c1ccc(C)c(C)c1. The Morgan fingerprint density at radius 1 is 1.14 bits per heavy atom. The van der Waals surface area contributed by atoms with Gasteiger partial charge in [-0.2, -0.15) is 0 Å². The van der Waals surface area contributed by atoms with Gasteiger partial charge in [-0.25, -0.2) is 0 Å². The van der Waals surface area contributed by atoms with E-state index in [2.05, 4.69) is 49.2 Å². The Hall–Kier alpha value is -0.860. The van der Waals surface area contributed by atoms with E-state index in [0.717, 1.165) is 18.4 Å². The topological polar surface area (TPSA) is 15.3 Å². The molecule has 21 heavy (non-hydrogen) atoms. The van der Waals surface area contributed by atoms with Gasteiger partial charge in [0.1, 0.15) is 0 Å². The highest BCUT2D eigenvalue weighted by atomic mass is 15.2. The standard InChI is InChI=1S/C19H30N2/c1-4-20-19(16-9-8-14(2)15(3)10-16)13-21-11-17-6-5-7-18(17)12-21/h8-10,17-20H,4-7,11-13H2,1-3H3. The predicted molar refractivity (Wildman–Crippen MR) is 89.6 cm³/mol. The van der Waals surface area contributed by atoms with Gasteiger partial charge in [0.25, 0.3) is 0 Å². The number of benzene rings is 1. The van der Waals surface area contributed by atoms with Crippen LogP contribution in [0, 0.1) is 25.7 Å². The fraction of sp³-hybridized carbons (Fsp3) is 0.684. The van der Waals surface area contributed by atoms with Crippen LogP contribution in [0.3, 0.4) is 0 Å². The molecule has 1 aliphatic carbocycles. The first kappa shape index (κ1) is 15.1. The second-order valence-corrected chi connectivity index (χ2v) is 7.12. The number of hydrogen-bond donors (Lipinski definition) is 1. The molecular formula is C19H30N2. The number of fused-ring (bicyclic) bond motifs is 1. The molecule has 0 amide bonds. The van der Waals surface area contributed by atoms with Crippen LogP contribution in [0.25, 0.3) is 0 Å². The van der Waals surface area contributed by atoms with E-state index in [-0.39, 0.29) is 0 Å². The van der Waals surface area contributed by atoms with Gasteiger partial charge in [0.05, 0.1) is 0 Å². The molecule has 1 aliphatic heterocycles. The maximum Gasteiger partial charge on any atom is 0.0449 e. The summed E-state index contributed by atoms with van der Waals surface area (Å²) in [6, 6.07) is 7.44. The Bertz CT molecular complexity index is 470. The van der Waals surface area contributed by atoms with Crippen LogP contribution in [0.4, 0.5) is 0 Å². The van der Waals surface area contributed by atoms with E-state index in [4.69, 9.17) is 0 Å². The molecule has 2 nitrogen and oxygen atoms in total. The minimum atomic E-state index is 0.480. The zero-order valence-electron chi connectivity index (χ0n) is 13.9. The molecule has 0 bridgehead atoms. The number of aryl methyl sites for hydroxylation is 2. The lowest BCUT2D eigenvalue weighted by atomic mass is 10.0. The number of nitrogens with one attached hydrogen (secondary N) is 1. The molecule has 0 aromatic heterocycles. The molecule has 0 spiro atoms. The lowest BCUT2D eigenvalue weighted by Crippen LogP contribution is -2.34. The molecule has 3 rings (SSSR count). The van der Waals surface area contributed by atoms with Gasteiger partial charge in [0.15, 0.2) is 0 Å². The molecule has 0 radical (unpaired) electrons. The maximum absolute atomic E-state index is 3.70. The van der Waals surface area contributed by atoms with Gasteiger partial charge >= 0.3 is 0 Å². The molecule has 1 saturated carbocycles. The Labute approximate surface area is 129 Å². The molecule has 1 heterocycles. The van der Waals surface area contributed by atoms with Gasteiger partial charge in [-0.05, 0) is 61.8 Å². The smallest absolute Gasteiger partial charge is 0.0449 e. The molecular weight excluding hydrogens is 256 g/mol. The molecule has 1 aromatic rings. The van der Waals surface area contributed by atoms with Crippen LogP contribution in [-0.4, -0.2) is 31.1 Å². The number of nitrogens with zero attached hydrogens (tertiary/aromatic N) is 1. The van der Waals surface area contributed by atoms with Gasteiger partial charge in [-0.3, -0.25) is 0 Å². The third kappa shape index (κ3) is 3.32. The molecule has 1 N–H and O–H groups in total. The van der Waals surface area contributed by atoms with Gasteiger partial charge in [-0.15, -0.1) is 0 Å². The van der Waals surface area contributed by atoms with Crippen molar-refractivity contribution in [2.75, 3.05) is 26.2 Å². The molecule has 2 heteroatoms. The van der Waals surface area contributed by atoms with Crippen molar-refractivity contribution in [2.45, 2.75) is 46.1 Å². The summed E-state index contributed by atoms with van der Waals surface area (Å²) in [5, 5.41) is 3.70. The average Bonchev–Trinajstić information content (AvgIpc) is 3.02. The molecule has 116 valence electrons. The Morgan fingerprint density at radius 3 is 2.48 bits per heavy atom. The minimum Gasteiger partial charge on any atom is -0.309 e.